The molecule has 0 bridgehead atoms. The summed E-state index contributed by atoms with van der Waals surface area (Å²) in [5.41, 5.74) is 1.50. The second-order valence-electron chi connectivity index (χ2n) is 3.65. The first kappa shape index (κ1) is 13.4. The zero-order valence-electron chi connectivity index (χ0n) is 9.57. The summed E-state index contributed by atoms with van der Waals surface area (Å²) in [6.45, 7) is 0.487. The van der Waals surface area contributed by atoms with Crippen molar-refractivity contribution in [3.05, 3.63) is 45.0 Å². The number of rotatable bonds is 4. The molecular formula is C12H11BrClNO3. The van der Waals surface area contributed by atoms with Crippen molar-refractivity contribution in [3.63, 3.8) is 0 Å². The highest BCUT2D eigenvalue weighted by Crippen LogP contribution is 2.26. The SMILES string of the molecule is CO[C@H]1OC(=O)C(Br)=C1NCc1ccccc1Cl. The Bertz CT molecular complexity index is 504. The number of halogens is 2. The van der Waals surface area contributed by atoms with E-state index in [1.165, 1.54) is 7.11 Å². The van der Waals surface area contributed by atoms with Gasteiger partial charge in [-0.25, -0.2) is 4.79 Å². The predicted molar refractivity (Wildman–Crippen MR) is 71.1 cm³/mol. The number of hydrogen-bond acceptors (Lipinski definition) is 4. The van der Waals surface area contributed by atoms with Gasteiger partial charge in [-0.15, -0.1) is 0 Å². The van der Waals surface area contributed by atoms with E-state index in [-0.39, 0.29) is 0 Å². The molecule has 1 aromatic carbocycles. The van der Waals surface area contributed by atoms with Gasteiger partial charge in [0.05, 0.1) is 0 Å². The van der Waals surface area contributed by atoms with Crippen LogP contribution in [-0.2, 0) is 20.8 Å². The number of hydrogen-bond donors (Lipinski definition) is 1. The van der Waals surface area contributed by atoms with Gasteiger partial charge >= 0.3 is 5.97 Å². The monoisotopic (exact) mass is 331 g/mol. The van der Waals surface area contributed by atoms with Crippen LogP contribution in [0.25, 0.3) is 0 Å². The number of cyclic esters (lactones) is 1. The fraction of sp³-hybridized carbons (Fsp3) is 0.250. The molecule has 1 atom stereocenters. The zero-order valence-corrected chi connectivity index (χ0v) is 11.9. The van der Waals surface area contributed by atoms with E-state index in [4.69, 9.17) is 21.1 Å². The lowest BCUT2D eigenvalue weighted by Crippen LogP contribution is -2.24. The number of benzene rings is 1. The summed E-state index contributed by atoms with van der Waals surface area (Å²) in [5, 5.41) is 3.76. The number of ether oxygens (including phenoxy) is 2. The molecule has 0 radical (unpaired) electrons. The van der Waals surface area contributed by atoms with E-state index in [0.717, 1.165) is 5.56 Å². The lowest BCUT2D eigenvalue weighted by atomic mass is 10.2. The van der Waals surface area contributed by atoms with Gasteiger partial charge in [0.1, 0.15) is 10.2 Å². The second kappa shape index (κ2) is 5.73. The standard InChI is InChI=1S/C12H11BrClNO3/c1-17-12-10(9(13)11(16)18-12)15-6-7-4-2-3-5-8(7)14/h2-5,12,15H,6H2,1H3/t12-/m0/s1. The summed E-state index contributed by atoms with van der Waals surface area (Å²) in [6.07, 6.45) is -0.700. The van der Waals surface area contributed by atoms with E-state index in [9.17, 15) is 4.79 Å². The summed E-state index contributed by atoms with van der Waals surface area (Å²) < 4.78 is 10.4. The summed E-state index contributed by atoms with van der Waals surface area (Å²) >= 11 is 9.22. The Hall–Kier alpha value is -1.04. The van der Waals surface area contributed by atoms with E-state index in [1.807, 2.05) is 24.3 Å². The van der Waals surface area contributed by atoms with Crippen molar-refractivity contribution >= 4 is 33.5 Å². The topological polar surface area (TPSA) is 47.6 Å². The molecule has 4 nitrogen and oxygen atoms in total. The number of carbonyl (C=O) groups is 1. The van der Waals surface area contributed by atoms with Gasteiger partial charge in [0.2, 0.25) is 6.29 Å². The number of nitrogens with one attached hydrogen (secondary N) is 1. The van der Waals surface area contributed by atoms with Crippen LogP contribution in [-0.4, -0.2) is 19.4 Å². The van der Waals surface area contributed by atoms with Gasteiger partial charge in [0, 0.05) is 18.7 Å². The Balaban J connectivity index is 2.10. The average molecular weight is 333 g/mol. The fourth-order valence-corrected chi connectivity index (χ4v) is 2.20. The van der Waals surface area contributed by atoms with Crippen LogP contribution in [0.5, 0.6) is 0 Å². The van der Waals surface area contributed by atoms with E-state index in [0.29, 0.717) is 21.7 Å². The predicted octanol–water partition coefficient (Wildman–Crippen LogP) is 2.57. The number of carbonyl (C=O) groups excluding carboxylic acids is 1. The number of esters is 1. The summed E-state index contributed by atoms with van der Waals surface area (Å²) in [7, 11) is 1.47. The Labute approximate surface area is 118 Å². The first-order valence-electron chi connectivity index (χ1n) is 5.24. The molecule has 96 valence electrons. The molecule has 0 saturated carbocycles. The molecule has 1 N–H and O–H groups in total. The maximum absolute atomic E-state index is 11.4. The van der Waals surface area contributed by atoms with Crippen LogP contribution < -0.4 is 5.32 Å². The molecule has 0 aliphatic carbocycles. The van der Waals surface area contributed by atoms with Gasteiger partial charge in [-0.1, -0.05) is 29.8 Å². The molecule has 1 heterocycles. The van der Waals surface area contributed by atoms with Gasteiger partial charge in [-0.3, -0.25) is 0 Å². The Kier molecular flexibility index (Phi) is 4.27. The molecule has 0 spiro atoms. The van der Waals surface area contributed by atoms with Crippen molar-refractivity contribution in [1.29, 1.82) is 0 Å². The van der Waals surface area contributed by atoms with E-state index >= 15 is 0 Å². The summed E-state index contributed by atoms with van der Waals surface area (Å²) in [4.78, 5) is 11.4. The van der Waals surface area contributed by atoms with Gasteiger partial charge in [-0.2, -0.15) is 0 Å². The average Bonchev–Trinajstić information content (AvgIpc) is 2.65. The molecule has 0 unspecified atom stereocenters. The van der Waals surface area contributed by atoms with Gasteiger partial charge in [0.15, 0.2) is 0 Å². The molecule has 0 fully saturated rings. The van der Waals surface area contributed by atoms with Gasteiger partial charge in [-0.05, 0) is 27.6 Å². The van der Waals surface area contributed by atoms with Crippen molar-refractivity contribution in [1.82, 2.24) is 5.32 Å². The molecule has 1 aromatic rings. The third-order valence-corrected chi connectivity index (χ3v) is 3.63. The van der Waals surface area contributed by atoms with Gasteiger partial charge < -0.3 is 14.8 Å². The van der Waals surface area contributed by atoms with E-state index in [1.54, 1.807) is 0 Å². The van der Waals surface area contributed by atoms with Crippen LogP contribution in [0.3, 0.4) is 0 Å². The fourth-order valence-electron chi connectivity index (χ4n) is 1.58. The van der Waals surface area contributed by atoms with Crippen molar-refractivity contribution in [3.8, 4) is 0 Å². The minimum Gasteiger partial charge on any atom is -0.426 e. The van der Waals surface area contributed by atoms with Crippen LogP contribution in [0.15, 0.2) is 34.4 Å². The second-order valence-corrected chi connectivity index (χ2v) is 4.85. The highest BCUT2D eigenvalue weighted by Gasteiger charge is 2.32. The highest BCUT2D eigenvalue weighted by molar-refractivity contribution is 9.12. The lowest BCUT2D eigenvalue weighted by molar-refractivity contribution is -0.155. The Morgan fingerprint density at radius 3 is 2.89 bits per heavy atom. The first-order valence-corrected chi connectivity index (χ1v) is 6.41. The molecular weight excluding hydrogens is 321 g/mol. The first-order chi connectivity index (χ1) is 8.63. The third kappa shape index (κ3) is 2.68. The van der Waals surface area contributed by atoms with Crippen molar-refractivity contribution in [2.24, 2.45) is 0 Å². The van der Waals surface area contributed by atoms with Gasteiger partial charge in [0.25, 0.3) is 0 Å². The van der Waals surface area contributed by atoms with Crippen LogP contribution in [0.1, 0.15) is 5.56 Å². The number of methoxy groups -OCH3 is 1. The summed E-state index contributed by atoms with van der Waals surface area (Å²) in [6, 6.07) is 7.48. The van der Waals surface area contributed by atoms with Crippen molar-refractivity contribution < 1.29 is 14.3 Å². The zero-order chi connectivity index (χ0) is 13.1. The minimum absolute atomic E-state index is 0.349. The molecule has 0 amide bonds. The highest BCUT2D eigenvalue weighted by atomic mass is 79.9. The molecule has 6 heteroatoms. The molecule has 18 heavy (non-hydrogen) atoms. The Morgan fingerprint density at radius 1 is 1.50 bits per heavy atom. The maximum atomic E-state index is 11.4. The molecule has 0 aromatic heterocycles. The van der Waals surface area contributed by atoms with Crippen LogP contribution in [0.2, 0.25) is 5.02 Å². The minimum atomic E-state index is -0.700. The van der Waals surface area contributed by atoms with Crippen LogP contribution >= 0.6 is 27.5 Å². The smallest absolute Gasteiger partial charge is 0.349 e. The lowest BCUT2D eigenvalue weighted by Gasteiger charge is -2.14. The van der Waals surface area contributed by atoms with Crippen LogP contribution in [0.4, 0.5) is 0 Å². The van der Waals surface area contributed by atoms with Crippen LogP contribution in [0, 0.1) is 0 Å². The molecule has 1 aliphatic rings. The van der Waals surface area contributed by atoms with E-state index < -0.39 is 12.3 Å². The van der Waals surface area contributed by atoms with Crippen molar-refractivity contribution in [2.75, 3.05) is 7.11 Å². The maximum Gasteiger partial charge on any atom is 0.349 e. The third-order valence-electron chi connectivity index (χ3n) is 2.51. The summed E-state index contributed by atoms with van der Waals surface area (Å²) in [5.74, 6) is -0.441. The van der Waals surface area contributed by atoms with Crippen molar-refractivity contribution in [2.45, 2.75) is 12.8 Å². The molecule has 2 rings (SSSR count). The van der Waals surface area contributed by atoms with E-state index in [2.05, 4.69) is 21.2 Å². The largest absolute Gasteiger partial charge is 0.426 e. The normalized spacial score (nSPS) is 19.1. The molecule has 1 aliphatic heterocycles. The quantitative estimate of drug-likeness (QED) is 0.861. The molecule has 0 saturated heterocycles. The Morgan fingerprint density at radius 2 is 2.22 bits per heavy atom.